The van der Waals surface area contributed by atoms with Gasteiger partial charge in [0.25, 0.3) is 0 Å². The van der Waals surface area contributed by atoms with Gasteiger partial charge in [-0.1, -0.05) is 0 Å². The first-order chi connectivity index (χ1) is 9.99. The molecule has 0 amide bonds. The molecule has 0 spiro atoms. The smallest absolute Gasteiger partial charge is 0.257 e. The van der Waals surface area contributed by atoms with E-state index in [-0.39, 0.29) is 0 Å². The van der Waals surface area contributed by atoms with Crippen LogP contribution in [-0.2, 0) is 28.6 Å². The van der Waals surface area contributed by atoms with Crippen molar-refractivity contribution in [3.63, 3.8) is 0 Å². The Kier molecular flexibility index (Phi) is 5.26. The quantitative estimate of drug-likeness (QED) is 0.403. The zero-order chi connectivity index (χ0) is 18.4. The minimum Gasteiger partial charge on any atom is -0.257 e. The SMILES string of the molecule is O=S(=O)(O[C@H]1C[C@@H](OS(=O)(=O)C(F)(F)F)[C@H](F)[C@@H]1F)C(F)(F)F. The normalized spacial score (nSPS) is 30.6. The molecule has 4 atom stereocenters. The molecule has 0 aliphatic heterocycles. The third kappa shape index (κ3) is 4.21. The number of halogens is 8. The Morgan fingerprint density at radius 3 is 1.17 bits per heavy atom. The van der Waals surface area contributed by atoms with Crippen molar-refractivity contribution in [2.24, 2.45) is 0 Å². The van der Waals surface area contributed by atoms with Gasteiger partial charge < -0.3 is 0 Å². The van der Waals surface area contributed by atoms with Gasteiger partial charge in [-0.2, -0.15) is 43.2 Å². The van der Waals surface area contributed by atoms with Crippen molar-refractivity contribution in [2.45, 2.75) is 42.0 Å². The molecule has 138 valence electrons. The summed E-state index contributed by atoms with van der Waals surface area (Å²) in [4.78, 5) is 0. The molecule has 0 aromatic heterocycles. The fraction of sp³-hybridized carbons (Fsp3) is 1.00. The van der Waals surface area contributed by atoms with E-state index in [4.69, 9.17) is 0 Å². The molecule has 0 bridgehead atoms. The summed E-state index contributed by atoms with van der Waals surface area (Å²) in [5.74, 6) is 0. The third-order valence-corrected chi connectivity index (χ3v) is 4.68. The molecule has 0 aromatic carbocycles. The molecule has 0 radical (unpaired) electrons. The van der Waals surface area contributed by atoms with Crippen LogP contribution in [0.3, 0.4) is 0 Å². The van der Waals surface area contributed by atoms with E-state index in [1.807, 2.05) is 0 Å². The van der Waals surface area contributed by atoms with Crippen LogP contribution in [0.1, 0.15) is 6.42 Å². The number of hydrogen-bond donors (Lipinski definition) is 0. The van der Waals surface area contributed by atoms with Crippen molar-refractivity contribution in [3.8, 4) is 0 Å². The fourth-order valence-electron chi connectivity index (χ4n) is 1.52. The molecule has 0 heterocycles. The summed E-state index contributed by atoms with van der Waals surface area (Å²) in [6.45, 7) is 0. The number of rotatable bonds is 4. The maximum absolute atomic E-state index is 13.3. The summed E-state index contributed by atoms with van der Waals surface area (Å²) in [6.07, 6.45) is -13.2. The van der Waals surface area contributed by atoms with E-state index < -0.39 is 62.2 Å². The van der Waals surface area contributed by atoms with Gasteiger partial charge in [0.05, 0.1) is 0 Å². The molecule has 6 nitrogen and oxygen atoms in total. The van der Waals surface area contributed by atoms with Crippen LogP contribution < -0.4 is 0 Å². The second kappa shape index (κ2) is 5.96. The lowest BCUT2D eigenvalue weighted by molar-refractivity contribution is -0.0599. The monoisotopic (exact) mass is 402 g/mol. The molecule has 0 unspecified atom stereocenters. The standard InChI is InChI=1S/C7H6F8O6S2/c8-4-2(20-22(16,17)6(10,11)12)1-3(5(4)9)21-23(18,19)7(13,14)15/h2-5H,1H2/t2-,3+,4+,5-. The van der Waals surface area contributed by atoms with Crippen LogP contribution >= 0.6 is 0 Å². The molecular formula is C7H6F8O6S2. The molecule has 0 N–H and O–H groups in total. The Bertz CT molecular complexity index is 581. The van der Waals surface area contributed by atoms with Crippen molar-refractivity contribution in [1.29, 1.82) is 0 Å². The van der Waals surface area contributed by atoms with Crippen LogP contribution in [0.2, 0.25) is 0 Å². The van der Waals surface area contributed by atoms with Crippen molar-refractivity contribution < 1.29 is 60.3 Å². The van der Waals surface area contributed by atoms with Crippen molar-refractivity contribution in [3.05, 3.63) is 0 Å². The molecule has 23 heavy (non-hydrogen) atoms. The van der Waals surface area contributed by atoms with Gasteiger partial charge in [0, 0.05) is 6.42 Å². The predicted octanol–water partition coefficient (Wildman–Crippen LogP) is 1.54. The van der Waals surface area contributed by atoms with Gasteiger partial charge in [-0.25, -0.2) is 8.78 Å². The summed E-state index contributed by atoms with van der Waals surface area (Å²) < 4.78 is 148. The van der Waals surface area contributed by atoms with Gasteiger partial charge in [0.1, 0.15) is 12.2 Å². The minimum atomic E-state index is -6.37. The van der Waals surface area contributed by atoms with Crippen LogP contribution in [0.5, 0.6) is 0 Å². The zero-order valence-corrected chi connectivity index (χ0v) is 11.9. The van der Waals surface area contributed by atoms with Gasteiger partial charge in [0.2, 0.25) is 0 Å². The maximum Gasteiger partial charge on any atom is 0.523 e. The fourth-order valence-corrected chi connectivity index (χ4v) is 2.76. The summed E-state index contributed by atoms with van der Waals surface area (Å²) in [5, 5.41) is 0. The van der Waals surface area contributed by atoms with Gasteiger partial charge in [-0.05, 0) is 0 Å². The van der Waals surface area contributed by atoms with E-state index in [1.165, 1.54) is 0 Å². The Morgan fingerprint density at radius 1 is 0.696 bits per heavy atom. The van der Waals surface area contributed by atoms with Gasteiger partial charge >= 0.3 is 31.3 Å². The lowest BCUT2D eigenvalue weighted by atomic mass is 10.3. The second-order valence-corrected chi connectivity index (χ2v) is 7.32. The van der Waals surface area contributed by atoms with Crippen LogP contribution in [0.15, 0.2) is 0 Å². The highest BCUT2D eigenvalue weighted by atomic mass is 32.2. The van der Waals surface area contributed by atoms with Crippen molar-refractivity contribution >= 4 is 20.2 Å². The van der Waals surface area contributed by atoms with E-state index in [2.05, 4.69) is 8.37 Å². The van der Waals surface area contributed by atoms with Gasteiger partial charge in [-0.3, -0.25) is 8.37 Å². The molecule has 1 fully saturated rings. The Balaban J connectivity index is 2.93. The third-order valence-electron chi connectivity index (χ3n) is 2.55. The van der Waals surface area contributed by atoms with Crippen LogP contribution in [0, 0.1) is 0 Å². The molecule has 1 saturated carbocycles. The minimum absolute atomic E-state index is 1.51. The topological polar surface area (TPSA) is 86.7 Å². The lowest BCUT2D eigenvalue weighted by Gasteiger charge is -2.15. The van der Waals surface area contributed by atoms with E-state index in [0.717, 1.165) is 0 Å². The molecule has 1 aliphatic carbocycles. The Morgan fingerprint density at radius 2 is 0.957 bits per heavy atom. The molecule has 0 aromatic rings. The predicted molar refractivity (Wildman–Crippen MR) is 54.1 cm³/mol. The van der Waals surface area contributed by atoms with E-state index in [0.29, 0.717) is 0 Å². The second-order valence-electron chi connectivity index (χ2n) is 4.19. The Hall–Kier alpha value is -0.740. The summed E-state index contributed by atoms with van der Waals surface area (Å²) >= 11 is 0. The highest BCUT2D eigenvalue weighted by Crippen LogP contribution is 2.37. The van der Waals surface area contributed by atoms with Crippen LogP contribution in [0.25, 0.3) is 0 Å². The Labute approximate surface area is 123 Å². The molecule has 0 saturated heterocycles. The van der Waals surface area contributed by atoms with E-state index in [1.54, 1.807) is 0 Å². The highest BCUT2D eigenvalue weighted by Gasteiger charge is 2.57. The maximum atomic E-state index is 13.3. The first-order valence-electron chi connectivity index (χ1n) is 5.27. The van der Waals surface area contributed by atoms with E-state index in [9.17, 15) is 52.0 Å². The summed E-state index contributed by atoms with van der Waals surface area (Å²) in [5.41, 5.74) is -12.0. The van der Waals surface area contributed by atoms with E-state index >= 15 is 0 Å². The molecular weight excluding hydrogens is 396 g/mol. The average molecular weight is 402 g/mol. The van der Waals surface area contributed by atoms with Gasteiger partial charge in [-0.15, -0.1) is 0 Å². The van der Waals surface area contributed by atoms with Crippen LogP contribution in [-0.4, -0.2) is 52.4 Å². The van der Waals surface area contributed by atoms with Crippen molar-refractivity contribution in [1.82, 2.24) is 0 Å². The first-order valence-corrected chi connectivity index (χ1v) is 8.08. The summed E-state index contributed by atoms with van der Waals surface area (Å²) in [7, 11) is -12.7. The molecule has 1 rings (SSSR count). The highest BCUT2D eigenvalue weighted by molar-refractivity contribution is 7.87. The largest absolute Gasteiger partial charge is 0.523 e. The van der Waals surface area contributed by atoms with Crippen LogP contribution in [0.4, 0.5) is 35.1 Å². The summed E-state index contributed by atoms with van der Waals surface area (Å²) in [6, 6.07) is 0. The average Bonchev–Trinajstić information content (AvgIpc) is 2.53. The van der Waals surface area contributed by atoms with Gasteiger partial charge in [0.15, 0.2) is 12.3 Å². The number of alkyl halides is 8. The number of hydrogen-bond acceptors (Lipinski definition) is 6. The molecule has 16 heteroatoms. The molecule has 1 aliphatic rings. The zero-order valence-electron chi connectivity index (χ0n) is 10.3. The first kappa shape index (κ1) is 20.3. The lowest BCUT2D eigenvalue weighted by Crippen LogP contribution is -2.34. The van der Waals surface area contributed by atoms with Crippen molar-refractivity contribution in [2.75, 3.05) is 0 Å².